The van der Waals surface area contributed by atoms with Crippen molar-refractivity contribution in [3.8, 4) is 0 Å². The van der Waals surface area contributed by atoms with Crippen molar-refractivity contribution in [3.05, 3.63) is 71.8 Å². The van der Waals surface area contributed by atoms with Crippen LogP contribution in [0.1, 0.15) is 143 Å². The van der Waals surface area contributed by atoms with Gasteiger partial charge in [0.1, 0.15) is 0 Å². The second-order valence-corrected chi connectivity index (χ2v) is 15.3. The molecule has 0 aliphatic rings. The van der Waals surface area contributed by atoms with Crippen LogP contribution in [0.25, 0.3) is 0 Å². The molecule has 0 bridgehead atoms. The monoisotopic (exact) mass is 595 g/mol. The molecule has 2 aromatic rings. The molecule has 0 radical (unpaired) electrons. The molecule has 0 aromatic heterocycles. The third-order valence-electron chi connectivity index (χ3n) is 9.99. The van der Waals surface area contributed by atoms with Crippen molar-refractivity contribution in [2.75, 3.05) is 26.9 Å². The van der Waals surface area contributed by atoms with E-state index in [1.165, 1.54) is 36.8 Å². The van der Waals surface area contributed by atoms with E-state index in [2.05, 4.69) is 123 Å². The molecular weight excluding hydrogens is 528 g/mol. The van der Waals surface area contributed by atoms with Crippen LogP contribution >= 0.6 is 0 Å². The summed E-state index contributed by atoms with van der Waals surface area (Å²) in [4.78, 5) is 0. The highest BCUT2D eigenvalue weighted by atomic mass is 16.5. The van der Waals surface area contributed by atoms with Crippen molar-refractivity contribution in [3.63, 3.8) is 0 Å². The number of hydrogen-bond donors (Lipinski definition) is 0. The Bertz CT molecular complexity index is 997. The highest BCUT2D eigenvalue weighted by Crippen LogP contribution is 2.49. The van der Waals surface area contributed by atoms with E-state index in [1.54, 1.807) is 7.11 Å². The molecule has 3 heteroatoms. The van der Waals surface area contributed by atoms with Crippen molar-refractivity contribution in [2.24, 2.45) is 10.8 Å². The fourth-order valence-corrected chi connectivity index (χ4v) is 6.34. The Morgan fingerprint density at radius 1 is 0.674 bits per heavy atom. The zero-order chi connectivity index (χ0) is 32.0. The number of ether oxygens (including phenoxy) is 3. The second-order valence-electron chi connectivity index (χ2n) is 15.3. The van der Waals surface area contributed by atoms with Crippen LogP contribution in [-0.2, 0) is 14.2 Å². The van der Waals surface area contributed by atoms with Gasteiger partial charge in [0.05, 0.1) is 17.8 Å². The van der Waals surface area contributed by atoms with Gasteiger partial charge >= 0.3 is 0 Å². The third kappa shape index (κ3) is 13.5. The zero-order valence-electron chi connectivity index (χ0n) is 29.6. The zero-order valence-corrected chi connectivity index (χ0v) is 29.6. The maximum Gasteiger partial charge on any atom is 0.0673 e. The minimum Gasteiger partial charge on any atom is -0.381 e. The lowest BCUT2D eigenvalue weighted by atomic mass is 9.63. The van der Waals surface area contributed by atoms with E-state index in [-0.39, 0.29) is 16.6 Å². The minimum absolute atomic E-state index is 0.135. The SMILES string of the molecule is CCCCC(C)(C)CC(c1ccccc1)C(C)(C)CC(CCOCCC(C)(CC)OCCC(C)(C)OC)c1ccccc1. The van der Waals surface area contributed by atoms with Gasteiger partial charge in [0, 0.05) is 20.3 Å². The molecule has 0 aliphatic heterocycles. The van der Waals surface area contributed by atoms with Crippen LogP contribution in [0.3, 0.4) is 0 Å². The Morgan fingerprint density at radius 3 is 1.84 bits per heavy atom. The average molecular weight is 595 g/mol. The summed E-state index contributed by atoms with van der Waals surface area (Å²) in [5.74, 6) is 0.949. The van der Waals surface area contributed by atoms with Gasteiger partial charge in [-0.25, -0.2) is 0 Å². The molecule has 0 fully saturated rings. The van der Waals surface area contributed by atoms with Gasteiger partial charge in [0.15, 0.2) is 0 Å². The summed E-state index contributed by atoms with van der Waals surface area (Å²) in [6.45, 7) is 23.1. The summed E-state index contributed by atoms with van der Waals surface area (Å²) in [5.41, 5.74) is 3.03. The highest BCUT2D eigenvalue weighted by molar-refractivity contribution is 5.24. The molecule has 0 aliphatic carbocycles. The standard InChI is InChI=1S/C40H66O3/c1-11-13-25-37(3,4)32-36(34-22-18-15-19-23-34)38(5,6)31-35(33-20-16-14-17-21-33)24-28-42-29-27-40(9,12-2)43-30-26-39(7,8)41-10/h14-23,35-36H,11-13,24-32H2,1-10H3. The smallest absolute Gasteiger partial charge is 0.0673 e. The van der Waals surface area contributed by atoms with Crippen LogP contribution in [0.4, 0.5) is 0 Å². The lowest BCUT2D eigenvalue weighted by Gasteiger charge is -2.42. The van der Waals surface area contributed by atoms with Gasteiger partial charge in [-0.05, 0) is 99.5 Å². The van der Waals surface area contributed by atoms with Gasteiger partial charge in [-0.1, -0.05) is 115 Å². The molecule has 0 spiro atoms. The summed E-state index contributed by atoms with van der Waals surface area (Å²) < 4.78 is 18.2. The van der Waals surface area contributed by atoms with Gasteiger partial charge in [-0.2, -0.15) is 0 Å². The second kappa shape index (κ2) is 17.7. The summed E-state index contributed by atoms with van der Waals surface area (Å²) in [5, 5.41) is 0. The summed E-state index contributed by atoms with van der Waals surface area (Å²) >= 11 is 0. The summed E-state index contributed by atoms with van der Waals surface area (Å²) in [6, 6.07) is 22.4. The van der Waals surface area contributed by atoms with Crippen molar-refractivity contribution in [1.29, 1.82) is 0 Å². The van der Waals surface area contributed by atoms with E-state index in [0.29, 0.717) is 23.9 Å². The van der Waals surface area contributed by atoms with Gasteiger partial charge in [-0.15, -0.1) is 0 Å². The van der Waals surface area contributed by atoms with Gasteiger partial charge < -0.3 is 14.2 Å². The number of rotatable bonds is 22. The molecule has 2 aromatic carbocycles. The van der Waals surface area contributed by atoms with Gasteiger partial charge in [-0.3, -0.25) is 0 Å². The Morgan fingerprint density at radius 2 is 1.28 bits per heavy atom. The fraction of sp³-hybridized carbons (Fsp3) is 0.700. The predicted octanol–water partition coefficient (Wildman–Crippen LogP) is 11.4. The van der Waals surface area contributed by atoms with E-state index in [9.17, 15) is 0 Å². The van der Waals surface area contributed by atoms with Crippen molar-refractivity contribution < 1.29 is 14.2 Å². The van der Waals surface area contributed by atoms with Crippen LogP contribution in [0.2, 0.25) is 0 Å². The van der Waals surface area contributed by atoms with Crippen molar-refractivity contribution in [1.82, 2.24) is 0 Å². The molecule has 0 saturated carbocycles. The van der Waals surface area contributed by atoms with E-state index in [1.807, 2.05) is 0 Å². The molecule has 3 nitrogen and oxygen atoms in total. The Labute approximate surface area is 266 Å². The maximum atomic E-state index is 6.35. The lowest BCUT2D eigenvalue weighted by molar-refractivity contribution is -0.0808. The van der Waals surface area contributed by atoms with Crippen LogP contribution in [0.5, 0.6) is 0 Å². The molecule has 0 heterocycles. The average Bonchev–Trinajstić information content (AvgIpc) is 2.99. The lowest BCUT2D eigenvalue weighted by Crippen LogP contribution is -2.33. The van der Waals surface area contributed by atoms with Crippen LogP contribution in [-0.4, -0.2) is 38.1 Å². The number of hydrogen-bond acceptors (Lipinski definition) is 3. The number of methoxy groups -OCH3 is 1. The molecule has 0 N–H and O–H groups in total. The quantitative estimate of drug-likeness (QED) is 0.127. The predicted molar refractivity (Wildman–Crippen MR) is 185 cm³/mol. The van der Waals surface area contributed by atoms with E-state index >= 15 is 0 Å². The summed E-state index contributed by atoms with van der Waals surface area (Å²) in [7, 11) is 1.77. The van der Waals surface area contributed by atoms with Gasteiger partial charge in [0.25, 0.3) is 0 Å². The largest absolute Gasteiger partial charge is 0.381 e. The summed E-state index contributed by atoms with van der Waals surface area (Å²) in [6.07, 6.45) is 9.97. The van der Waals surface area contributed by atoms with E-state index in [4.69, 9.17) is 14.2 Å². The van der Waals surface area contributed by atoms with Crippen LogP contribution < -0.4 is 0 Å². The molecule has 2 rings (SSSR count). The Kier molecular flexibility index (Phi) is 15.5. The molecule has 43 heavy (non-hydrogen) atoms. The molecule has 3 atom stereocenters. The molecule has 0 amide bonds. The van der Waals surface area contributed by atoms with E-state index < -0.39 is 0 Å². The topological polar surface area (TPSA) is 27.7 Å². The van der Waals surface area contributed by atoms with Crippen LogP contribution in [0, 0.1) is 10.8 Å². The van der Waals surface area contributed by atoms with E-state index in [0.717, 1.165) is 45.3 Å². The fourth-order valence-electron chi connectivity index (χ4n) is 6.34. The first-order valence-electron chi connectivity index (χ1n) is 17.1. The van der Waals surface area contributed by atoms with Crippen molar-refractivity contribution in [2.45, 2.75) is 143 Å². The van der Waals surface area contributed by atoms with Gasteiger partial charge in [0.2, 0.25) is 0 Å². The minimum atomic E-state index is -0.169. The first kappa shape index (κ1) is 37.5. The molecule has 0 saturated heterocycles. The maximum absolute atomic E-state index is 6.35. The molecular formula is C40H66O3. The van der Waals surface area contributed by atoms with Crippen molar-refractivity contribution >= 4 is 0 Å². The molecule has 3 unspecified atom stereocenters. The van der Waals surface area contributed by atoms with Crippen LogP contribution in [0.15, 0.2) is 60.7 Å². The first-order chi connectivity index (χ1) is 20.3. The third-order valence-corrected chi connectivity index (χ3v) is 9.99. The molecule has 244 valence electrons. The number of unbranched alkanes of at least 4 members (excludes halogenated alkanes) is 1. The highest BCUT2D eigenvalue weighted by Gasteiger charge is 2.37. The Balaban J connectivity index is 2.10. The normalized spacial score (nSPS) is 15.7. The number of benzene rings is 2. The first-order valence-corrected chi connectivity index (χ1v) is 17.1. The Hall–Kier alpha value is -1.68.